The Morgan fingerprint density at radius 1 is 1.18 bits per heavy atom. The Kier molecular flexibility index (Phi) is 5.57. The topological polar surface area (TPSA) is 70.5 Å². The Morgan fingerprint density at radius 2 is 1.86 bits per heavy atom. The fourth-order valence-electron chi connectivity index (χ4n) is 1.75. The summed E-state index contributed by atoms with van der Waals surface area (Å²) in [5, 5.41) is 10.8. The molecule has 0 aliphatic rings. The third kappa shape index (κ3) is 4.07. The number of sulfonamides is 1. The molecule has 1 aromatic carbocycles. The van der Waals surface area contributed by atoms with E-state index in [1.54, 1.807) is 6.07 Å². The minimum absolute atomic E-state index is 0.158. The summed E-state index contributed by atoms with van der Waals surface area (Å²) in [7, 11) is -0.495. The third-order valence-electron chi connectivity index (χ3n) is 3.06. The van der Waals surface area contributed by atoms with Gasteiger partial charge in [0.25, 0.3) is 0 Å². The molecular formula is C15H18N2O3S2. The van der Waals surface area contributed by atoms with Crippen LogP contribution in [0, 0.1) is 0 Å². The second-order valence-corrected chi connectivity index (χ2v) is 8.05. The second kappa shape index (κ2) is 7.23. The minimum atomic E-state index is -3.46. The van der Waals surface area contributed by atoms with E-state index in [0.717, 1.165) is 9.87 Å². The molecule has 0 saturated heterocycles. The highest BCUT2D eigenvalue weighted by Gasteiger charge is 2.17. The maximum absolute atomic E-state index is 11.9. The smallest absolute Gasteiger partial charge is 0.244 e. The molecule has 0 aliphatic heterocycles. The van der Waals surface area contributed by atoms with Gasteiger partial charge in [0.15, 0.2) is 0 Å². The maximum Gasteiger partial charge on any atom is 0.244 e. The monoisotopic (exact) mass is 338 g/mol. The zero-order chi connectivity index (χ0) is 16.2. The molecule has 22 heavy (non-hydrogen) atoms. The van der Waals surface area contributed by atoms with Gasteiger partial charge in [-0.05, 0) is 17.7 Å². The fraction of sp³-hybridized carbons (Fsp3) is 0.267. The van der Waals surface area contributed by atoms with Crippen molar-refractivity contribution in [2.24, 2.45) is 0 Å². The molecule has 2 rings (SSSR count). The largest absolute Gasteiger partial charge is 0.388 e. The van der Waals surface area contributed by atoms with Crippen molar-refractivity contribution in [2.45, 2.75) is 16.0 Å². The van der Waals surface area contributed by atoms with Gasteiger partial charge in [0.1, 0.15) is 4.90 Å². The number of hydrogen-bond acceptors (Lipinski definition) is 5. The molecule has 1 aromatic heterocycles. The standard InChI is InChI=1S/C15H18N2O3S2/c1-17(2)22(19,20)13-8-9-15(16-10-13)21-11-14(18)12-6-4-3-5-7-12/h3-10,14,18H,11H2,1-2H3. The molecule has 1 unspecified atom stereocenters. The minimum Gasteiger partial charge on any atom is -0.388 e. The van der Waals surface area contributed by atoms with Crippen LogP contribution in [0.5, 0.6) is 0 Å². The molecule has 5 nitrogen and oxygen atoms in total. The molecule has 0 bridgehead atoms. The summed E-state index contributed by atoms with van der Waals surface area (Å²) in [5.74, 6) is 0.455. The Morgan fingerprint density at radius 3 is 2.41 bits per heavy atom. The molecule has 7 heteroatoms. The number of nitrogens with zero attached hydrogens (tertiary/aromatic N) is 2. The second-order valence-electron chi connectivity index (χ2n) is 4.86. The molecule has 0 spiro atoms. The summed E-state index contributed by atoms with van der Waals surface area (Å²) >= 11 is 1.38. The Balaban J connectivity index is 2.01. The highest BCUT2D eigenvalue weighted by Crippen LogP contribution is 2.24. The normalized spacial score (nSPS) is 13.3. The first kappa shape index (κ1) is 17.0. The lowest BCUT2D eigenvalue weighted by Crippen LogP contribution is -2.22. The number of benzene rings is 1. The van der Waals surface area contributed by atoms with Crippen LogP contribution in [-0.4, -0.2) is 42.7 Å². The number of hydrogen-bond donors (Lipinski definition) is 1. The number of rotatable bonds is 6. The summed E-state index contributed by atoms with van der Waals surface area (Å²) in [4.78, 5) is 4.30. The molecular weight excluding hydrogens is 320 g/mol. The van der Waals surface area contributed by atoms with E-state index in [1.807, 2.05) is 30.3 Å². The predicted molar refractivity (Wildman–Crippen MR) is 87.2 cm³/mol. The van der Waals surface area contributed by atoms with Crippen molar-refractivity contribution in [3.05, 3.63) is 54.2 Å². The van der Waals surface area contributed by atoms with Crippen LogP contribution in [0.2, 0.25) is 0 Å². The molecule has 0 saturated carbocycles. The van der Waals surface area contributed by atoms with Crippen LogP contribution in [0.15, 0.2) is 58.6 Å². The molecule has 2 aromatic rings. The first-order valence-corrected chi connectivity index (χ1v) is 9.08. The van der Waals surface area contributed by atoms with Crippen molar-refractivity contribution in [2.75, 3.05) is 19.8 Å². The highest BCUT2D eigenvalue weighted by molar-refractivity contribution is 7.99. The van der Waals surface area contributed by atoms with Crippen molar-refractivity contribution in [3.63, 3.8) is 0 Å². The predicted octanol–water partition coefficient (Wildman–Crippen LogP) is 2.16. The Bertz CT molecular complexity index is 701. The van der Waals surface area contributed by atoms with Crippen LogP contribution in [0.4, 0.5) is 0 Å². The summed E-state index contributed by atoms with van der Waals surface area (Å²) in [5.41, 5.74) is 0.849. The van der Waals surface area contributed by atoms with Gasteiger partial charge in [-0.3, -0.25) is 0 Å². The summed E-state index contributed by atoms with van der Waals surface area (Å²) < 4.78 is 25.0. The van der Waals surface area contributed by atoms with E-state index in [4.69, 9.17) is 0 Å². The van der Waals surface area contributed by atoms with E-state index < -0.39 is 16.1 Å². The van der Waals surface area contributed by atoms with Crippen LogP contribution < -0.4 is 0 Å². The van der Waals surface area contributed by atoms with Crippen LogP contribution in [0.25, 0.3) is 0 Å². The van der Waals surface area contributed by atoms with Crippen molar-refractivity contribution in [3.8, 4) is 0 Å². The van der Waals surface area contributed by atoms with Crippen LogP contribution in [-0.2, 0) is 10.0 Å². The maximum atomic E-state index is 11.9. The first-order valence-electron chi connectivity index (χ1n) is 6.65. The van der Waals surface area contributed by atoms with Crippen LogP contribution in [0.3, 0.4) is 0 Å². The van der Waals surface area contributed by atoms with Gasteiger partial charge in [0, 0.05) is 26.0 Å². The van der Waals surface area contributed by atoms with Crippen LogP contribution in [0.1, 0.15) is 11.7 Å². The summed E-state index contributed by atoms with van der Waals surface area (Å²) in [6.07, 6.45) is 0.755. The molecule has 0 fully saturated rings. The highest BCUT2D eigenvalue weighted by atomic mass is 32.2. The van der Waals surface area contributed by atoms with Crippen molar-refractivity contribution >= 4 is 21.8 Å². The lowest BCUT2D eigenvalue weighted by molar-refractivity contribution is 0.204. The zero-order valence-electron chi connectivity index (χ0n) is 12.4. The van der Waals surface area contributed by atoms with Gasteiger partial charge in [-0.15, -0.1) is 11.8 Å². The number of thioether (sulfide) groups is 1. The summed E-state index contributed by atoms with van der Waals surface area (Å²) in [6.45, 7) is 0. The Labute approximate surface area is 135 Å². The molecule has 1 heterocycles. The number of aliphatic hydroxyl groups is 1. The van der Waals surface area contributed by atoms with E-state index in [-0.39, 0.29) is 4.90 Å². The quantitative estimate of drug-likeness (QED) is 0.817. The number of aromatic nitrogens is 1. The van der Waals surface area contributed by atoms with Gasteiger partial charge in [-0.1, -0.05) is 30.3 Å². The van der Waals surface area contributed by atoms with Gasteiger partial charge in [0.2, 0.25) is 10.0 Å². The van der Waals surface area contributed by atoms with Crippen molar-refractivity contribution in [1.82, 2.24) is 9.29 Å². The molecule has 1 N–H and O–H groups in total. The lowest BCUT2D eigenvalue weighted by Gasteiger charge is -2.12. The average Bonchev–Trinajstić information content (AvgIpc) is 2.53. The molecule has 1 atom stereocenters. The molecule has 0 radical (unpaired) electrons. The average molecular weight is 338 g/mol. The lowest BCUT2D eigenvalue weighted by atomic mass is 10.1. The van der Waals surface area contributed by atoms with Crippen molar-refractivity contribution < 1.29 is 13.5 Å². The van der Waals surface area contributed by atoms with Gasteiger partial charge in [-0.2, -0.15) is 0 Å². The number of pyridine rings is 1. The molecule has 0 aliphatic carbocycles. The van der Waals surface area contributed by atoms with E-state index in [2.05, 4.69) is 4.98 Å². The van der Waals surface area contributed by atoms with E-state index in [9.17, 15) is 13.5 Å². The van der Waals surface area contributed by atoms with Gasteiger partial charge in [-0.25, -0.2) is 17.7 Å². The van der Waals surface area contributed by atoms with Crippen LogP contribution >= 0.6 is 11.8 Å². The third-order valence-corrected chi connectivity index (χ3v) is 5.88. The number of aliphatic hydroxyl groups excluding tert-OH is 1. The summed E-state index contributed by atoms with van der Waals surface area (Å²) in [6, 6.07) is 12.6. The molecule has 0 amide bonds. The van der Waals surface area contributed by atoms with E-state index in [1.165, 1.54) is 38.1 Å². The zero-order valence-corrected chi connectivity index (χ0v) is 14.0. The van der Waals surface area contributed by atoms with E-state index >= 15 is 0 Å². The fourth-order valence-corrected chi connectivity index (χ4v) is 3.41. The molecule has 118 valence electrons. The van der Waals surface area contributed by atoms with Gasteiger partial charge < -0.3 is 5.11 Å². The van der Waals surface area contributed by atoms with Gasteiger partial charge >= 0.3 is 0 Å². The van der Waals surface area contributed by atoms with Crippen molar-refractivity contribution in [1.29, 1.82) is 0 Å². The van der Waals surface area contributed by atoms with E-state index in [0.29, 0.717) is 10.8 Å². The first-order chi connectivity index (χ1) is 10.4. The Hall–Kier alpha value is -1.41. The van der Waals surface area contributed by atoms with Gasteiger partial charge in [0.05, 0.1) is 11.1 Å². The SMILES string of the molecule is CN(C)S(=O)(=O)c1ccc(SCC(O)c2ccccc2)nc1.